The molecule has 1 fully saturated rings. The van der Waals surface area contributed by atoms with E-state index >= 15 is 0 Å². The molecule has 1 aliphatic heterocycles. The van der Waals surface area contributed by atoms with Gasteiger partial charge in [-0.2, -0.15) is 4.31 Å². The highest BCUT2D eigenvalue weighted by atomic mass is 32.2. The third-order valence-corrected chi connectivity index (χ3v) is 6.72. The van der Waals surface area contributed by atoms with Crippen LogP contribution >= 0.6 is 11.3 Å². The summed E-state index contributed by atoms with van der Waals surface area (Å²) in [6.45, 7) is 5.31. The SMILES string of the molecule is CCCN(CC1CCNCC1)S(=O)(=O)c1cccs1. The standard InChI is InChI=1S/C13H22N2O2S2/c1-2-9-15(11-12-5-7-14-8-6-12)19(16,17)13-4-3-10-18-13/h3-4,10,12,14H,2,5-9,11H2,1H3. The molecule has 108 valence electrons. The molecule has 1 N–H and O–H groups in total. The number of nitrogens with one attached hydrogen (secondary N) is 1. The van der Waals surface area contributed by atoms with Crippen LogP contribution in [0.3, 0.4) is 0 Å². The Morgan fingerprint density at radius 1 is 1.42 bits per heavy atom. The van der Waals surface area contributed by atoms with E-state index in [9.17, 15) is 8.42 Å². The smallest absolute Gasteiger partial charge is 0.252 e. The minimum Gasteiger partial charge on any atom is -0.317 e. The fourth-order valence-corrected chi connectivity index (χ4v) is 5.20. The summed E-state index contributed by atoms with van der Waals surface area (Å²) < 4.78 is 27.3. The lowest BCUT2D eigenvalue weighted by atomic mass is 9.98. The summed E-state index contributed by atoms with van der Waals surface area (Å²) >= 11 is 1.30. The molecule has 2 rings (SSSR count). The monoisotopic (exact) mass is 302 g/mol. The first kappa shape index (κ1) is 15.0. The van der Waals surface area contributed by atoms with Crippen LogP contribution in [0, 0.1) is 5.92 Å². The van der Waals surface area contributed by atoms with Gasteiger partial charge in [-0.1, -0.05) is 13.0 Å². The fourth-order valence-electron chi connectivity index (χ4n) is 2.45. The number of piperidine rings is 1. The lowest BCUT2D eigenvalue weighted by molar-refractivity contribution is 0.288. The van der Waals surface area contributed by atoms with Gasteiger partial charge in [-0.25, -0.2) is 8.42 Å². The Labute approximate surface area is 119 Å². The van der Waals surface area contributed by atoms with Crippen molar-refractivity contribution in [1.82, 2.24) is 9.62 Å². The number of nitrogens with zero attached hydrogens (tertiary/aromatic N) is 1. The lowest BCUT2D eigenvalue weighted by Gasteiger charge is -2.29. The van der Waals surface area contributed by atoms with Crippen molar-refractivity contribution < 1.29 is 8.42 Å². The average Bonchev–Trinajstić information content (AvgIpc) is 2.94. The van der Waals surface area contributed by atoms with Gasteiger partial charge in [0.2, 0.25) is 0 Å². The molecule has 1 saturated heterocycles. The molecule has 2 heterocycles. The van der Waals surface area contributed by atoms with E-state index in [-0.39, 0.29) is 0 Å². The Balaban J connectivity index is 2.10. The molecule has 0 bridgehead atoms. The Morgan fingerprint density at radius 3 is 2.74 bits per heavy atom. The molecule has 0 aliphatic carbocycles. The summed E-state index contributed by atoms with van der Waals surface area (Å²) in [4.78, 5) is 0. The van der Waals surface area contributed by atoms with Crippen LogP contribution in [0.2, 0.25) is 0 Å². The predicted octanol–water partition coefficient (Wildman–Crippen LogP) is 2.15. The van der Waals surface area contributed by atoms with Crippen molar-refractivity contribution in [2.75, 3.05) is 26.2 Å². The second-order valence-corrected chi connectivity index (χ2v) is 8.10. The van der Waals surface area contributed by atoms with E-state index in [1.807, 2.05) is 12.3 Å². The van der Waals surface area contributed by atoms with Crippen LogP contribution in [0.15, 0.2) is 21.7 Å². The second kappa shape index (κ2) is 6.83. The largest absolute Gasteiger partial charge is 0.317 e. The summed E-state index contributed by atoms with van der Waals surface area (Å²) in [6.07, 6.45) is 3.00. The molecule has 6 heteroatoms. The van der Waals surface area contributed by atoms with Gasteiger partial charge in [0.15, 0.2) is 0 Å². The zero-order valence-electron chi connectivity index (χ0n) is 11.3. The lowest BCUT2D eigenvalue weighted by Crippen LogP contribution is -2.39. The maximum atomic E-state index is 12.6. The van der Waals surface area contributed by atoms with Gasteiger partial charge >= 0.3 is 0 Å². The van der Waals surface area contributed by atoms with E-state index < -0.39 is 10.0 Å². The number of hydrogen-bond acceptors (Lipinski definition) is 4. The summed E-state index contributed by atoms with van der Waals surface area (Å²) in [5, 5.41) is 5.14. The predicted molar refractivity (Wildman–Crippen MR) is 79.0 cm³/mol. The summed E-state index contributed by atoms with van der Waals surface area (Å²) in [5.41, 5.74) is 0. The fraction of sp³-hybridized carbons (Fsp3) is 0.692. The average molecular weight is 302 g/mol. The van der Waals surface area contributed by atoms with E-state index in [1.165, 1.54) is 11.3 Å². The topological polar surface area (TPSA) is 49.4 Å². The van der Waals surface area contributed by atoms with Crippen molar-refractivity contribution in [3.63, 3.8) is 0 Å². The Morgan fingerprint density at radius 2 is 2.16 bits per heavy atom. The second-order valence-electron chi connectivity index (χ2n) is 4.99. The summed E-state index contributed by atoms with van der Waals surface area (Å²) in [6, 6.07) is 3.50. The molecule has 1 aliphatic rings. The highest BCUT2D eigenvalue weighted by molar-refractivity contribution is 7.91. The maximum absolute atomic E-state index is 12.6. The van der Waals surface area contributed by atoms with Crippen LogP contribution in [0.25, 0.3) is 0 Å². The molecule has 4 nitrogen and oxygen atoms in total. The molecule has 0 spiro atoms. The molecule has 0 aromatic carbocycles. The van der Waals surface area contributed by atoms with E-state index in [4.69, 9.17) is 0 Å². The first-order valence-corrected chi connectivity index (χ1v) is 9.21. The van der Waals surface area contributed by atoms with Crippen LogP contribution in [0.4, 0.5) is 0 Å². The van der Waals surface area contributed by atoms with Crippen molar-refractivity contribution in [3.05, 3.63) is 17.5 Å². The van der Waals surface area contributed by atoms with Gasteiger partial charge in [0.1, 0.15) is 4.21 Å². The molecule has 0 atom stereocenters. The van der Waals surface area contributed by atoms with E-state index in [2.05, 4.69) is 5.32 Å². The number of rotatable bonds is 6. The van der Waals surface area contributed by atoms with Gasteiger partial charge < -0.3 is 5.32 Å². The molecule has 0 saturated carbocycles. The zero-order chi connectivity index (χ0) is 13.7. The minimum absolute atomic E-state index is 0.467. The van der Waals surface area contributed by atoms with Crippen LogP contribution in [0.5, 0.6) is 0 Å². The molecule has 0 radical (unpaired) electrons. The van der Waals surface area contributed by atoms with Gasteiger partial charge in [0.25, 0.3) is 10.0 Å². The van der Waals surface area contributed by atoms with Crippen molar-refractivity contribution in [2.45, 2.75) is 30.4 Å². The van der Waals surface area contributed by atoms with Crippen molar-refractivity contribution in [1.29, 1.82) is 0 Å². The first-order valence-electron chi connectivity index (χ1n) is 6.89. The molecule has 0 amide bonds. The van der Waals surface area contributed by atoms with E-state index in [0.29, 0.717) is 23.2 Å². The van der Waals surface area contributed by atoms with E-state index in [1.54, 1.807) is 16.4 Å². The Hall–Kier alpha value is -0.430. The normalized spacial score (nSPS) is 18.0. The quantitative estimate of drug-likeness (QED) is 0.876. The molecular weight excluding hydrogens is 280 g/mol. The highest BCUT2D eigenvalue weighted by Gasteiger charge is 2.27. The van der Waals surface area contributed by atoms with Crippen molar-refractivity contribution in [2.24, 2.45) is 5.92 Å². The van der Waals surface area contributed by atoms with Gasteiger partial charge in [0, 0.05) is 13.1 Å². The van der Waals surface area contributed by atoms with Gasteiger partial charge in [-0.15, -0.1) is 11.3 Å². The highest BCUT2D eigenvalue weighted by Crippen LogP contribution is 2.24. The molecule has 1 aromatic heterocycles. The van der Waals surface area contributed by atoms with Crippen LogP contribution < -0.4 is 5.32 Å². The molecule has 0 unspecified atom stereocenters. The number of sulfonamides is 1. The molecule has 19 heavy (non-hydrogen) atoms. The van der Waals surface area contributed by atoms with Gasteiger partial charge in [-0.3, -0.25) is 0 Å². The summed E-state index contributed by atoms with van der Waals surface area (Å²) in [7, 11) is -3.29. The van der Waals surface area contributed by atoms with Crippen LogP contribution in [-0.4, -0.2) is 38.9 Å². The Bertz CT molecular complexity index is 465. The van der Waals surface area contributed by atoms with Gasteiger partial charge in [-0.05, 0) is 49.7 Å². The summed E-state index contributed by atoms with van der Waals surface area (Å²) in [5.74, 6) is 0.488. The van der Waals surface area contributed by atoms with Crippen LogP contribution in [-0.2, 0) is 10.0 Å². The number of hydrogen-bond donors (Lipinski definition) is 1. The van der Waals surface area contributed by atoms with E-state index in [0.717, 1.165) is 32.4 Å². The zero-order valence-corrected chi connectivity index (χ0v) is 13.0. The van der Waals surface area contributed by atoms with Crippen molar-refractivity contribution in [3.8, 4) is 0 Å². The third-order valence-electron chi connectivity index (χ3n) is 3.48. The maximum Gasteiger partial charge on any atom is 0.252 e. The first-order chi connectivity index (χ1) is 9.14. The number of thiophene rings is 1. The van der Waals surface area contributed by atoms with Crippen LogP contribution in [0.1, 0.15) is 26.2 Å². The third kappa shape index (κ3) is 3.78. The van der Waals surface area contributed by atoms with Crippen molar-refractivity contribution >= 4 is 21.4 Å². The minimum atomic E-state index is -3.29. The van der Waals surface area contributed by atoms with Gasteiger partial charge in [0.05, 0.1) is 0 Å². The Kier molecular flexibility index (Phi) is 5.38. The molecule has 1 aromatic rings. The molecular formula is C13H22N2O2S2.